The van der Waals surface area contributed by atoms with Gasteiger partial charge in [0.1, 0.15) is 10.9 Å². The van der Waals surface area contributed by atoms with Crippen molar-refractivity contribution in [1.29, 1.82) is 0 Å². The first-order valence-corrected chi connectivity index (χ1v) is 9.49. The van der Waals surface area contributed by atoms with Crippen molar-refractivity contribution in [2.45, 2.75) is 29.2 Å². The Balaban J connectivity index is 3.35. The minimum absolute atomic E-state index is 0.0257. The lowest BCUT2D eigenvalue weighted by Crippen LogP contribution is -2.40. The van der Waals surface area contributed by atoms with E-state index in [1.54, 1.807) is 0 Å². The van der Waals surface area contributed by atoms with Crippen LogP contribution in [0, 0.1) is 0 Å². The fraction of sp³-hybridized carbons (Fsp3) is 0.364. The molecule has 0 aromatic heterocycles. The summed E-state index contributed by atoms with van der Waals surface area (Å²) in [5, 5.41) is 8.68. The standard InChI is InChI=1S/C11H14ClNO6S2/c1-3-9(11(14)15)13-21(18,19)10-6-7(20(2,16)17)4-5-8(10)12/h4-6,9,13H,3H2,1-2H3,(H,14,15). The van der Waals surface area contributed by atoms with Gasteiger partial charge in [0.2, 0.25) is 10.0 Å². The van der Waals surface area contributed by atoms with Crippen molar-refractivity contribution < 1.29 is 26.7 Å². The Morgan fingerprint density at radius 2 is 1.90 bits per heavy atom. The summed E-state index contributed by atoms with van der Waals surface area (Å²) in [7, 11) is -7.88. The number of rotatable bonds is 6. The van der Waals surface area contributed by atoms with E-state index in [2.05, 4.69) is 0 Å². The molecular weight excluding hydrogens is 342 g/mol. The van der Waals surface area contributed by atoms with E-state index in [4.69, 9.17) is 16.7 Å². The summed E-state index contributed by atoms with van der Waals surface area (Å²) in [4.78, 5) is 10.2. The maximum atomic E-state index is 12.2. The maximum Gasteiger partial charge on any atom is 0.321 e. The van der Waals surface area contributed by atoms with Gasteiger partial charge < -0.3 is 5.11 Å². The molecule has 1 unspecified atom stereocenters. The van der Waals surface area contributed by atoms with Crippen molar-refractivity contribution in [2.75, 3.05) is 6.26 Å². The fourth-order valence-corrected chi connectivity index (χ4v) is 4.00. The van der Waals surface area contributed by atoms with Crippen LogP contribution in [0.25, 0.3) is 0 Å². The average molecular weight is 356 g/mol. The zero-order valence-electron chi connectivity index (χ0n) is 11.2. The van der Waals surface area contributed by atoms with Crippen molar-refractivity contribution in [2.24, 2.45) is 0 Å². The minimum atomic E-state index is -4.26. The smallest absolute Gasteiger partial charge is 0.321 e. The molecule has 10 heteroatoms. The maximum absolute atomic E-state index is 12.2. The van der Waals surface area contributed by atoms with E-state index < -0.39 is 36.8 Å². The molecule has 1 aromatic rings. The molecule has 0 aliphatic carbocycles. The molecule has 0 spiro atoms. The van der Waals surface area contributed by atoms with Gasteiger partial charge in [-0.1, -0.05) is 18.5 Å². The van der Waals surface area contributed by atoms with Crippen LogP contribution in [0.4, 0.5) is 0 Å². The molecule has 0 amide bonds. The molecule has 1 rings (SSSR count). The van der Waals surface area contributed by atoms with Crippen molar-refractivity contribution >= 4 is 37.4 Å². The van der Waals surface area contributed by atoms with Gasteiger partial charge in [-0.05, 0) is 24.6 Å². The molecule has 0 heterocycles. The molecule has 1 atom stereocenters. The summed E-state index contributed by atoms with van der Waals surface area (Å²) in [6.45, 7) is 1.50. The Morgan fingerprint density at radius 1 is 1.33 bits per heavy atom. The van der Waals surface area contributed by atoms with Gasteiger partial charge in [0.25, 0.3) is 0 Å². The predicted molar refractivity (Wildman–Crippen MR) is 76.6 cm³/mol. The molecule has 0 fully saturated rings. The molecule has 2 N–H and O–H groups in total. The highest BCUT2D eigenvalue weighted by Crippen LogP contribution is 2.25. The van der Waals surface area contributed by atoms with Crippen LogP contribution >= 0.6 is 11.6 Å². The van der Waals surface area contributed by atoms with Crippen LogP contribution in [0.3, 0.4) is 0 Å². The highest BCUT2D eigenvalue weighted by atomic mass is 35.5. The number of nitrogens with one attached hydrogen (secondary N) is 1. The van der Waals surface area contributed by atoms with E-state index in [1.165, 1.54) is 13.0 Å². The second-order valence-corrected chi connectivity index (χ2v) is 8.39. The van der Waals surface area contributed by atoms with E-state index in [9.17, 15) is 21.6 Å². The van der Waals surface area contributed by atoms with Crippen molar-refractivity contribution in [3.05, 3.63) is 23.2 Å². The van der Waals surface area contributed by atoms with Crippen molar-refractivity contribution in [3.63, 3.8) is 0 Å². The van der Waals surface area contributed by atoms with E-state index in [0.29, 0.717) is 0 Å². The molecule has 21 heavy (non-hydrogen) atoms. The third kappa shape index (κ3) is 4.40. The van der Waals surface area contributed by atoms with E-state index >= 15 is 0 Å². The van der Waals surface area contributed by atoms with Crippen LogP contribution in [0.1, 0.15) is 13.3 Å². The second-order valence-electron chi connectivity index (χ2n) is 4.28. The number of carboxylic acid groups (broad SMARTS) is 1. The number of hydrogen-bond acceptors (Lipinski definition) is 5. The Kier molecular flexibility index (Phi) is 5.37. The van der Waals surface area contributed by atoms with Crippen LogP contribution in [-0.2, 0) is 24.7 Å². The average Bonchev–Trinajstić information content (AvgIpc) is 2.34. The summed E-state index contributed by atoms with van der Waals surface area (Å²) in [5.41, 5.74) is 0. The molecular formula is C11H14ClNO6S2. The summed E-state index contributed by atoms with van der Waals surface area (Å²) < 4.78 is 49.2. The zero-order valence-corrected chi connectivity index (χ0v) is 13.6. The summed E-state index contributed by atoms with van der Waals surface area (Å²) >= 11 is 5.78. The van der Waals surface area contributed by atoms with Gasteiger partial charge in [-0.15, -0.1) is 0 Å². The van der Waals surface area contributed by atoms with E-state index in [0.717, 1.165) is 18.4 Å². The molecule has 0 saturated carbocycles. The third-order valence-electron chi connectivity index (χ3n) is 2.62. The van der Waals surface area contributed by atoms with Gasteiger partial charge in [-0.2, -0.15) is 4.72 Å². The first-order valence-electron chi connectivity index (χ1n) is 5.73. The number of benzene rings is 1. The Hall–Kier alpha value is -1.16. The van der Waals surface area contributed by atoms with Crippen LogP contribution < -0.4 is 4.72 Å². The number of sulfone groups is 1. The summed E-state index contributed by atoms with van der Waals surface area (Å²) in [5.74, 6) is -1.34. The molecule has 0 radical (unpaired) electrons. The van der Waals surface area contributed by atoms with Gasteiger partial charge in [-0.3, -0.25) is 4.79 Å². The van der Waals surface area contributed by atoms with Gasteiger partial charge in [-0.25, -0.2) is 16.8 Å². The fourth-order valence-electron chi connectivity index (χ4n) is 1.48. The van der Waals surface area contributed by atoms with Gasteiger partial charge in [0.15, 0.2) is 9.84 Å². The largest absolute Gasteiger partial charge is 0.480 e. The molecule has 0 bridgehead atoms. The van der Waals surface area contributed by atoms with E-state index in [-0.39, 0.29) is 16.3 Å². The van der Waals surface area contributed by atoms with Crippen LogP contribution in [0.5, 0.6) is 0 Å². The highest BCUT2D eigenvalue weighted by Gasteiger charge is 2.26. The highest BCUT2D eigenvalue weighted by molar-refractivity contribution is 7.91. The number of carboxylic acids is 1. The number of hydrogen-bond donors (Lipinski definition) is 2. The quantitative estimate of drug-likeness (QED) is 0.782. The van der Waals surface area contributed by atoms with E-state index in [1.807, 2.05) is 4.72 Å². The first-order chi connectivity index (χ1) is 9.49. The predicted octanol–water partition coefficient (Wildman–Crippen LogP) is 0.885. The van der Waals surface area contributed by atoms with Crippen LogP contribution in [-0.4, -0.2) is 40.2 Å². The zero-order chi connectivity index (χ0) is 16.4. The third-order valence-corrected chi connectivity index (χ3v) is 5.69. The van der Waals surface area contributed by atoms with Crippen molar-refractivity contribution in [1.82, 2.24) is 4.72 Å². The molecule has 0 saturated heterocycles. The Morgan fingerprint density at radius 3 is 2.33 bits per heavy atom. The molecule has 118 valence electrons. The number of carbonyl (C=O) groups is 1. The normalized spacial score (nSPS) is 13.9. The number of aliphatic carboxylic acids is 1. The lowest BCUT2D eigenvalue weighted by molar-refractivity contribution is -0.139. The van der Waals surface area contributed by atoms with Crippen molar-refractivity contribution in [3.8, 4) is 0 Å². The molecule has 7 nitrogen and oxygen atoms in total. The molecule has 1 aromatic carbocycles. The Bertz CT molecular complexity index is 757. The minimum Gasteiger partial charge on any atom is -0.480 e. The Labute approximate surface area is 127 Å². The monoisotopic (exact) mass is 355 g/mol. The van der Waals surface area contributed by atoms with Gasteiger partial charge in [0, 0.05) is 6.26 Å². The summed E-state index contributed by atoms with van der Waals surface area (Å²) in [6, 6.07) is 1.88. The first kappa shape index (κ1) is 17.9. The van der Waals surface area contributed by atoms with Gasteiger partial charge >= 0.3 is 5.97 Å². The molecule has 0 aliphatic heterocycles. The molecule has 0 aliphatic rings. The summed E-state index contributed by atoms with van der Waals surface area (Å²) in [6.07, 6.45) is 0.949. The topological polar surface area (TPSA) is 118 Å². The lowest BCUT2D eigenvalue weighted by Gasteiger charge is -2.14. The van der Waals surface area contributed by atoms with Gasteiger partial charge in [0.05, 0.1) is 9.92 Å². The lowest BCUT2D eigenvalue weighted by atomic mass is 10.2. The SMILES string of the molecule is CCC(NS(=O)(=O)c1cc(S(C)(=O)=O)ccc1Cl)C(=O)O. The number of halogens is 1. The van der Waals surface area contributed by atoms with Crippen LogP contribution in [0.2, 0.25) is 5.02 Å². The van der Waals surface area contributed by atoms with Crippen LogP contribution in [0.15, 0.2) is 28.0 Å². The number of sulfonamides is 1. The second kappa shape index (κ2) is 6.30.